The van der Waals surface area contributed by atoms with Crippen LogP contribution in [0.1, 0.15) is 49.4 Å². The fourth-order valence-corrected chi connectivity index (χ4v) is 3.89. The van der Waals surface area contributed by atoms with E-state index in [1.165, 1.54) is 43.5 Å². The van der Waals surface area contributed by atoms with E-state index in [0.29, 0.717) is 0 Å². The number of aromatic nitrogens is 2. The normalized spacial score (nSPS) is 14.8. The smallest absolute Gasteiger partial charge is 1.00 e. The highest BCUT2D eigenvalue weighted by Crippen LogP contribution is 2.27. The van der Waals surface area contributed by atoms with E-state index in [0.717, 1.165) is 31.1 Å². The van der Waals surface area contributed by atoms with Crippen LogP contribution in [0.3, 0.4) is 0 Å². The Kier molecular flexibility index (Phi) is 7.63. The molecule has 0 amide bonds. The van der Waals surface area contributed by atoms with Gasteiger partial charge in [-0.1, -0.05) is 72.2 Å². The summed E-state index contributed by atoms with van der Waals surface area (Å²) in [7, 11) is 0. The van der Waals surface area contributed by atoms with Crippen LogP contribution in [0.25, 0.3) is 0 Å². The Balaban J connectivity index is 0.00000150. The van der Waals surface area contributed by atoms with E-state index in [1.807, 2.05) is 0 Å². The van der Waals surface area contributed by atoms with Crippen LogP contribution in [0.4, 0.5) is 0 Å². The van der Waals surface area contributed by atoms with Crippen LogP contribution in [-0.2, 0) is 12.8 Å². The molecule has 0 atom stereocenters. The van der Waals surface area contributed by atoms with E-state index in [-0.39, 0.29) is 19.8 Å². The zero-order valence-electron chi connectivity index (χ0n) is 17.1. The van der Waals surface area contributed by atoms with Crippen molar-refractivity contribution in [1.29, 1.82) is 0 Å². The summed E-state index contributed by atoms with van der Waals surface area (Å²) in [6.07, 6.45) is 5.58. The van der Waals surface area contributed by atoms with Crippen LogP contribution < -0.4 is 12.4 Å². The Hall–Kier alpha value is -2.17. The lowest BCUT2D eigenvalue weighted by Gasteiger charge is -2.25. The van der Waals surface area contributed by atoms with Gasteiger partial charge in [0.15, 0.2) is 5.82 Å². The number of halogens is 1. The first-order valence-corrected chi connectivity index (χ1v) is 10.0. The Morgan fingerprint density at radius 3 is 2.11 bits per heavy atom. The molecule has 0 bridgehead atoms. The van der Waals surface area contributed by atoms with E-state index in [4.69, 9.17) is 4.52 Å². The lowest BCUT2D eigenvalue weighted by atomic mass is 9.88. The van der Waals surface area contributed by atoms with Crippen LogP contribution in [0.15, 0.2) is 65.2 Å². The van der Waals surface area contributed by atoms with Crippen molar-refractivity contribution in [3.05, 3.63) is 83.5 Å². The Morgan fingerprint density at radius 2 is 1.50 bits per heavy atom. The summed E-state index contributed by atoms with van der Waals surface area (Å²) in [4.78, 5) is 7.19. The van der Waals surface area contributed by atoms with Crippen LogP contribution >= 0.6 is 0 Å². The molecule has 0 aliphatic carbocycles. The van der Waals surface area contributed by atoms with Gasteiger partial charge < -0.3 is 21.8 Å². The molecule has 4 rings (SSSR count). The molecule has 1 saturated heterocycles. The van der Waals surface area contributed by atoms with Crippen molar-refractivity contribution in [3.8, 4) is 0 Å². The Bertz CT molecular complexity index is 783. The summed E-state index contributed by atoms with van der Waals surface area (Å²) >= 11 is 0. The topological polar surface area (TPSA) is 42.2 Å². The minimum atomic E-state index is 0. The molecule has 1 fully saturated rings. The van der Waals surface area contributed by atoms with E-state index in [2.05, 4.69) is 75.7 Å². The minimum Gasteiger partial charge on any atom is -1.00 e. The lowest BCUT2D eigenvalue weighted by Crippen LogP contribution is -3.00. The van der Waals surface area contributed by atoms with E-state index < -0.39 is 0 Å². The molecule has 5 heteroatoms. The maximum atomic E-state index is 5.54. The van der Waals surface area contributed by atoms with Crippen molar-refractivity contribution in [2.75, 3.05) is 19.6 Å². The summed E-state index contributed by atoms with van der Waals surface area (Å²) in [6, 6.07) is 21.2. The number of piperidine rings is 1. The van der Waals surface area contributed by atoms with Crippen molar-refractivity contribution in [3.63, 3.8) is 0 Å². The van der Waals surface area contributed by atoms with Gasteiger partial charge in [-0.25, -0.2) is 0 Å². The van der Waals surface area contributed by atoms with Crippen LogP contribution in [0.5, 0.6) is 0 Å². The van der Waals surface area contributed by atoms with Crippen molar-refractivity contribution >= 4 is 0 Å². The number of likely N-dealkylation sites (tertiary alicyclic amines) is 1. The van der Waals surface area contributed by atoms with Gasteiger partial charge in [-0.05, 0) is 37.1 Å². The third-order valence-corrected chi connectivity index (χ3v) is 5.39. The van der Waals surface area contributed by atoms with E-state index in [9.17, 15) is 0 Å². The zero-order chi connectivity index (χ0) is 18.3. The van der Waals surface area contributed by atoms with Gasteiger partial charge in [0.25, 0.3) is 0 Å². The summed E-state index contributed by atoms with van der Waals surface area (Å²) in [5.41, 5.74) is 2.56. The zero-order valence-corrected chi connectivity index (χ0v) is 16.9. The molecule has 0 saturated carbocycles. The number of hydrogen-bond donors (Lipinski definition) is 0. The van der Waals surface area contributed by atoms with Crippen molar-refractivity contribution in [2.24, 2.45) is 0 Å². The highest BCUT2D eigenvalue weighted by molar-refractivity contribution is 5.33. The molecule has 0 radical (unpaired) electrons. The molecular weight excluding hydrogens is 370 g/mol. The second-order valence-electron chi connectivity index (χ2n) is 7.33. The average molecular weight is 398 g/mol. The molecule has 1 aliphatic heterocycles. The van der Waals surface area contributed by atoms with Crippen LogP contribution in [0, 0.1) is 0 Å². The summed E-state index contributed by atoms with van der Waals surface area (Å²) in [5, 5.41) is 4.27. The molecule has 2 heterocycles. The van der Waals surface area contributed by atoms with Gasteiger partial charge >= 0.3 is 1.43 Å². The number of rotatable bonds is 7. The first kappa shape index (κ1) is 20.6. The second kappa shape index (κ2) is 10.4. The quantitative estimate of drug-likeness (QED) is 0.607. The predicted octanol–water partition coefficient (Wildman–Crippen LogP) is 1.59. The minimum absolute atomic E-state index is 0. The largest absolute Gasteiger partial charge is 1.00 e. The average Bonchev–Trinajstić information content (AvgIpc) is 3.20. The van der Waals surface area contributed by atoms with Gasteiger partial charge in [0.1, 0.15) is 0 Å². The second-order valence-corrected chi connectivity index (χ2v) is 7.33. The van der Waals surface area contributed by atoms with E-state index >= 15 is 0 Å². The fourth-order valence-electron chi connectivity index (χ4n) is 3.89. The van der Waals surface area contributed by atoms with Crippen molar-refractivity contribution in [1.82, 2.24) is 15.0 Å². The predicted molar refractivity (Wildman–Crippen MR) is 108 cm³/mol. The monoisotopic (exact) mass is 397 g/mol. The van der Waals surface area contributed by atoms with Crippen LogP contribution in [0.2, 0.25) is 0 Å². The highest BCUT2D eigenvalue weighted by atomic mass is 35.5. The Labute approximate surface area is 174 Å². The van der Waals surface area contributed by atoms with Gasteiger partial charge in [-0.2, -0.15) is 4.98 Å². The first-order valence-electron chi connectivity index (χ1n) is 10.0. The third-order valence-electron chi connectivity index (χ3n) is 5.39. The fraction of sp³-hybridized carbons (Fsp3) is 0.391. The standard InChI is InChI=1S/C23H27N3O.ClH/c1-4-10-19(11-5-1)21(20-12-6-2-7-13-20)18-22-24-23(27-25-22)14-17-26-15-8-3-9-16-26;/h1-2,4-7,10-13,21H,3,8-9,14-18H2;1H. The molecule has 1 aliphatic rings. The first-order chi connectivity index (χ1) is 13.4. The van der Waals surface area contributed by atoms with Crippen molar-refractivity contribution < 1.29 is 18.4 Å². The van der Waals surface area contributed by atoms with Gasteiger partial charge in [0.2, 0.25) is 5.89 Å². The third kappa shape index (κ3) is 5.43. The lowest BCUT2D eigenvalue weighted by molar-refractivity contribution is -0.00000611. The highest BCUT2D eigenvalue weighted by Gasteiger charge is 2.19. The summed E-state index contributed by atoms with van der Waals surface area (Å²) in [5.74, 6) is 1.79. The maximum absolute atomic E-state index is 5.54. The van der Waals surface area contributed by atoms with Gasteiger partial charge in [-0.15, -0.1) is 0 Å². The maximum Gasteiger partial charge on any atom is 1.00 e. The number of hydrogen-bond acceptors (Lipinski definition) is 4. The number of benzene rings is 2. The molecule has 28 heavy (non-hydrogen) atoms. The molecule has 4 nitrogen and oxygen atoms in total. The molecule has 0 N–H and O–H groups in total. The SMILES string of the molecule is [Cl-].[H+].c1ccc(C(Cc2noc(CCN3CCCCC3)n2)c2ccccc2)cc1. The molecular formula is C23H28ClN3O. The summed E-state index contributed by atoms with van der Waals surface area (Å²) < 4.78 is 5.54. The molecule has 3 aromatic rings. The van der Waals surface area contributed by atoms with E-state index in [1.54, 1.807) is 0 Å². The summed E-state index contributed by atoms with van der Waals surface area (Å²) in [6.45, 7) is 3.42. The molecule has 1 aromatic heterocycles. The Morgan fingerprint density at radius 1 is 0.893 bits per heavy atom. The van der Waals surface area contributed by atoms with Gasteiger partial charge in [0, 0.05) is 25.3 Å². The van der Waals surface area contributed by atoms with Gasteiger partial charge in [-0.3, -0.25) is 0 Å². The molecule has 148 valence electrons. The van der Waals surface area contributed by atoms with Crippen molar-refractivity contribution in [2.45, 2.75) is 38.0 Å². The number of nitrogens with zero attached hydrogens (tertiary/aromatic N) is 3. The molecule has 0 unspecified atom stereocenters. The molecule has 0 spiro atoms. The van der Waals surface area contributed by atoms with Crippen LogP contribution in [-0.4, -0.2) is 34.7 Å². The van der Waals surface area contributed by atoms with Gasteiger partial charge in [0.05, 0.1) is 0 Å². The molecule has 2 aromatic carbocycles.